The number of nitrogens with zero attached hydrogens (tertiary/aromatic N) is 1. The average Bonchev–Trinajstić information content (AvgIpc) is 3.32. The van der Waals surface area contributed by atoms with Crippen molar-refractivity contribution in [3.63, 3.8) is 0 Å². The molecular weight excluding hydrogens is 400 g/mol. The predicted molar refractivity (Wildman–Crippen MR) is 126 cm³/mol. The van der Waals surface area contributed by atoms with Gasteiger partial charge in [0.15, 0.2) is 0 Å². The molecule has 0 aliphatic carbocycles. The second-order valence-electron chi connectivity index (χ2n) is 9.14. The van der Waals surface area contributed by atoms with E-state index in [2.05, 4.69) is 35.3 Å². The van der Waals surface area contributed by atoms with Crippen molar-refractivity contribution in [1.29, 1.82) is 0 Å². The lowest BCUT2D eigenvalue weighted by atomic mass is 9.89. The lowest BCUT2D eigenvalue weighted by Crippen LogP contribution is -2.35. The minimum atomic E-state index is -0.0104. The van der Waals surface area contributed by atoms with Crippen LogP contribution in [0.15, 0.2) is 48.0 Å². The van der Waals surface area contributed by atoms with Crippen LogP contribution in [0.25, 0.3) is 5.57 Å². The standard InChI is InChI=1S/C27H32N2O3/c1-3-11-29-21-8-9-22(29)14-25(18-5-4-6-23(13-18)31-2)20(12-21)17-32-24-10-7-19-16-28-27(30)26(19)15-24/h4-7,10,13,15,21-22H,3,8-9,11-12,14,16-17H2,1-2H3,(H,28,30). The number of carbonyl (C=O) groups excluding carboxylic acids is 1. The first-order chi connectivity index (χ1) is 15.7. The molecule has 0 aromatic heterocycles. The van der Waals surface area contributed by atoms with E-state index in [1.165, 1.54) is 36.0 Å². The van der Waals surface area contributed by atoms with Crippen LogP contribution in [0.2, 0.25) is 0 Å². The maximum absolute atomic E-state index is 12.1. The normalized spacial score (nSPS) is 22.5. The highest BCUT2D eigenvalue weighted by Gasteiger charge is 2.37. The molecule has 2 unspecified atom stereocenters. The van der Waals surface area contributed by atoms with E-state index in [0.29, 0.717) is 25.2 Å². The number of ether oxygens (including phenoxy) is 2. The van der Waals surface area contributed by atoms with Gasteiger partial charge in [-0.05, 0) is 85.2 Å². The highest BCUT2D eigenvalue weighted by atomic mass is 16.5. The molecule has 3 aliphatic rings. The number of fused-ring (bicyclic) bond motifs is 3. The molecule has 2 aromatic rings. The second-order valence-corrected chi connectivity index (χ2v) is 9.14. The van der Waals surface area contributed by atoms with E-state index in [1.54, 1.807) is 7.11 Å². The van der Waals surface area contributed by atoms with Gasteiger partial charge in [0.1, 0.15) is 18.1 Å². The van der Waals surface area contributed by atoms with Gasteiger partial charge in [0.05, 0.1) is 7.11 Å². The molecule has 5 heteroatoms. The summed E-state index contributed by atoms with van der Waals surface area (Å²) in [5.74, 6) is 1.64. The van der Waals surface area contributed by atoms with Crippen molar-refractivity contribution >= 4 is 11.5 Å². The van der Waals surface area contributed by atoms with E-state index >= 15 is 0 Å². The Morgan fingerprint density at radius 3 is 2.72 bits per heavy atom. The summed E-state index contributed by atoms with van der Waals surface area (Å²) < 4.78 is 11.8. The Labute approximate surface area is 190 Å². The molecule has 0 spiro atoms. The molecule has 2 aromatic carbocycles. The van der Waals surface area contributed by atoms with Gasteiger partial charge < -0.3 is 14.8 Å². The number of amides is 1. The van der Waals surface area contributed by atoms with Crippen molar-refractivity contribution < 1.29 is 14.3 Å². The summed E-state index contributed by atoms with van der Waals surface area (Å²) in [6, 6.07) is 15.5. The number of rotatable bonds is 7. The molecule has 0 radical (unpaired) electrons. The molecule has 5 rings (SSSR count). The summed E-state index contributed by atoms with van der Waals surface area (Å²) in [5.41, 5.74) is 5.78. The fraction of sp³-hybridized carbons (Fsp3) is 0.444. The van der Waals surface area contributed by atoms with Crippen molar-refractivity contribution in [1.82, 2.24) is 10.2 Å². The highest BCUT2D eigenvalue weighted by Crippen LogP contribution is 2.41. The molecule has 1 N–H and O–H groups in total. The fourth-order valence-corrected chi connectivity index (χ4v) is 5.59. The lowest BCUT2D eigenvalue weighted by Gasteiger charge is -2.27. The van der Waals surface area contributed by atoms with E-state index in [4.69, 9.17) is 9.47 Å². The molecular formula is C27H32N2O3. The summed E-state index contributed by atoms with van der Waals surface area (Å²) in [7, 11) is 1.72. The van der Waals surface area contributed by atoms with Crippen molar-refractivity contribution in [3.8, 4) is 11.5 Å². The average molecular weight is 433 g/mol. The lowest BCUT2D eigenvalue weighted by molar-refractivity contribution is 0.0965. The van der Waals surface area contributed by atoms with Crippen molar-refractivity contribution in [3.05, 3.63) is 64.7 Å². The van der Waals surface area contributed by atoms with Crippen LogP contribution in [0.4, 0.5) is 0 Å². The molecule has 1 fully saturated rings. The van der Waals surface area contributed by atoms with Gasteiger partial charge in [0, 0.05) is 24.2 Å². The molecule has 3 heterocycles. The van der Waals surface area contributed by atoms with Crippen molar-refractivity contribution in [2.45, 2.75) is 57.7 Å². The molecule has 5 nitrogen and oxygen atoms in total. The van der Waals surface area contributed by atoms with E-state index in [0.717, 1.165) is 42.0 Å². The molecule has 168 valence electrons. The van der Waals surface area contributed by atoms with Crippen LogP contribution in [-0.4, -0.2) is 43.2 Å². The van der Waals surface area contributed by atoms with Crippen LogP contribution in [0.3, 0.4) is 0 Å². The smallest absolute Gasteiger partial charge is 0.252 e. The summed E-state index contributed by atoms with van der Waals surface area (Å²) in [5, 5.41) is 2.88. The van der Waals surface area contributed by atoms with Gasteiger partial charge >= 0.3 is 0 Å². The minimum absolute atomic E-state index is 0.0104. The first-order valence-corrected chi connectivity index (χ1v) is 11.8. The monoisotopic (exact) mass is 432 g/mol. The topological polar surface area (TPSA) is 50.8 Å². The van der Waals surface area contributed by atoms with Crippen LogP contribution in [0, 0.1) is 0 Å². The Balaban J connectivity index is 1.45. The van der Waals surface area contributed by atoms with Crippen molar-refractivity contribution in [2.24, 2.45) is 0 Å². The van der Waals surface area contributed by atoms with Crippen molar-refractivity contribution in [2.75, 3.05) is 20.3 Å². The molecule has 2 atom stereocenters. The third kappa shape index (κ3) is 4.02. The third-order valence-electron chi connectivity index (χ3n) is 7.20. The maximum atomic E-state index is 12.1. The number of hydrogen-bond acceptors (Lipinski definition) is 4. The largest absolute Gasteiger partial charge is 0.497 e. The van der Waals surface area contributed by atoms with E-state index in [-0.39, 0.29) is 5.91 Å². The molecule has 1 saturated heterocycles. The van der Waals surface area contributed by atoms with E-state index in [9.17, 15) is 4.79 Å². The first-order valence-electron chi connectivity index (χ1n) is 11.8. The Hall–Kier alpha value is -2.79. The van der Waals surface area contributed by atoms with Gasteiger partial charge in [0.2, 0.25) is 0 Å². The number of nitrogens with one attached hydrogen (secondary N) is 1. The van der Waals surface area contributed by atoms with Gasteiger partial charge in [0.25, 0.3) is 5.91 Å². The zero-order valence-corrected chi connectivity index (χ0v) is 19.0. The SMILES string of the molecule is CCCN1C2CCC1CC(c1cccc(OC)c1)=C(COc1ccc3c(c1)C(=O)NC3)C2. The molecule has 32 heavy (non-hydrogen) atoms. The summed E-state index contributed by atoms with van der Waals surface area (Å²) in [6.07, 6.45) is 5.80. The summed E-state index contributed by atoms with van der Waals surface area (Å²) >= 11 is 0. The Kier molecular flexibility index (Phi) is 5.92. The zero-order chi connectivity index (χ0) is 22.1. The van der Waals surface area contributed by atoms with Gasteiger partial charge in [-0.15, -0.1) is 0 Å². The second kappa shape index (κ2) is 8.99. The van der Waals surface area contributed by atoms with Gasteiger partial charge in [-0.2, -0.15) is 0 Å². The summed E-state index contributed by atoms with van der Waals surface area (Å²) in [6.45, 7) is 4.59. The Bertz CT molecular complexity index is 1040. The maximum Gasteiger partial charge on any atom is 0.252 e. The molecule has 0 saturated carbocycles. The Morgan fingerprint density at radius 1 is 1.06 bits per heavy atom. The van der Waals surface area contributed by atoms with Gasteiger partial charge in [-0.3, -0.25) is 9.69 Å². The number of benzene rings is 2. The molecule has 2 bridgehead atoms. The molecule has 1 amide bonds. The Morgan fingerprint density at radius 2 is 1.91 bits per heavy atom. The predicted octanol–water partition coefficient (Wildman–Crippen LogP) is 4.81. The molecule has 3 aliphatic heterocycles. The number of carbonyl (C=O) groups is 1. The zero-order valence-electron chi connectivity index (χ0n) is 19.0. The first kappa shape index (κ1) is 21.1. The van der Waals surface area contributed by atoms with Gasteiger partial charge in [-0.1, -0.05) is 25.1 Å². The van der Waals surface area contributed by atoms with Crippen LogP contribution in [0.5, 0.6) is 11.5 Å². The van der Waals surface area contributed by atoms with Gasteiger partial charge in [-0.25, -0.2) is 0 Å². The number of hydrogen-bond donors (Lipinski definition) is 1. The quantitative estimate of drug-likeness (QED) is 0.682. The highest BCUT2D eigenvalue weighted by molar-refractivity contribution is 5.98. The van der Waals surface area contributed by atoms with E-state index in [1.807, 2.05) is 24.3 Å². The summed E-state index contributed by atoms with van der Waals surface area (Å²) in [4.78, 5) is 14.8. The van der Waals surface area contributed by atoms with E-state index < -0.39 is 0 Å². The fourth-order valence-electron chi connectivity index (χ4n) is 5.59. The van der Waals surface area contributed by atoms with Crippen LogP contribution in [-0.2, 0) is 6.54 Å². The van der Waals surface area contributed by atoms with Crippen LogP contribution in [0.1, 0.15) is 60.5 Å². The number of methoxy groups -OCH3 is 1. The third-order valence-corrected chi connectivity index (χ3v) is 7.20. The minimum Gasteiger partial charge on any atom is -0.497 e. The van der Waals surface area contributed by atoms with Crippen LogP contribution < -0.4 is 14.8 Å². The van der Waals surface area contributed by atoms with Crippen LogP contribution >= 0.6 is 0 Å².